The Kier molecular flexibility index (Phi) is 6.64. The molecule has 1 rings (SSSR count). The zero-order chi connectivity index (χ0) is 15.0. The fraction of sp³-hybridized carbons (Fsp3) is 0.438. The van der Waals surface area contributed by atoms with E-state index in [4.69, 9.17) is 0 Å². The first-order valence-electron chi connectivity index (χ1n) is 7.00. The third-order valence-electron chi connectivity index (χ3n) is 3.04. The molecular formula is C16H22N2O2. The quantitative estimate of drug-likeness (QED) is 0.324. The summed E-state index contributed by atoms with van der Waals surface area (Å²) in [6.45, 7) is 5.17. The minimum absolute atomic E-state index is 0.119. The van der Waals surface area contributed by atoms with Crippen molar-refractivity contribution in [1.29, 1.82) is 0 Å². The van der Waals surface area contributed by atoms with Gasteiger partial charge in [-0.15, -0.1) is 0 Å². The summed E-state index contributed by atoms with van der Waals surface area (Å²) < 4.78 is 0. The molecule has 0 saturated carbocycles. The molecule has 0 aromatic heterocycles. The lowest BCUT2D eigenvalue weighted by Crippen LogP contribution is -2.14. The van der Waals surface area contributed by atoms with Crippen molar-refractivity contribution in [2.24, 2.45) is 5.11 Å². The Morgan fingerprint density at radius 3 is 2.60 bits per heavy atom. The predicted octanol–water partition coefficient (Wildman–Crippen LogP) is 4.16. The van der Waals surface area contributed by atoms with E-state index in [1.807, 2.05) is 36.4 Å². The second-order valence-corrected chi connectivity index (χ2v) is 4.77. The Labute approximate surface area is 120 Å². The third-order valence-corrected chi connectivity index (χ3v) is 3.04. The van der Waals surface area contributed by atoms with Crippen molar-refractivity contribution in [1.82, 2.24) is 0 Å². The number of carbonyl (C=O) groups excluding carboxylic acids is 1. The molecule has 1 aromatic carbocycles. The predicted molar refractivity (Wildman–Crippen MR) is 80.1 cm³/mol. The Morgan fingerprint density at radius 1 is 1.40 bits per heavy atom. The molecule has 20 heavy (non-hydrogen) atoms. The van der Waals surface area contributed by atoms with Gasteiger partial charge in [0.15, 0.2) is 11.8 Å². The number of ketones is 1. The van der Waals surface area contributed by atoms with Crippen LogP contribution in [0.5, 0.6) is 0 Å². The van der Waals surface area contributed by atoms with Crippen LogP contribution in [0, 0.1) is 5.21 Å². The summed E-state index contributed by atoms with van der Waals surface area (Å²) in [5.74, 6) is -0.119. The number of benzene rings is 1. The molecule has 0 aliphatic rings. The van der Waals surface area contributed by atoms with Crippen LogP contribution in [0.2, 0.25) is 0 Å². The van der Waals surface area contributed by atoms with Gasteiger partial charge in [0.2, 0.25) is 5.70 Å². The second kappa shape index (κ2) is 8.25. The monoisotopic (exact) mass is 274 g/mol. The largest absolute Gasteiger partial charge is 0.594 e. The van der Waals surface area contributed by atoms with Gasteiger partial charge in [0, 0.05) is 5.56 Å². The van der Waals surface area contributed by atoms with E-state index in [2.05, 4.69) is 12.0 Å². The fourth-order valence-corrected chi connectivity index (χ4v) is 1.66. The van der Waals surface area contributed by atoms with E-state index in [9.17, 15) is 10.0 Å². The Balaban J connectivity index is 3.05. The maximum absolute atomic E-state index is 12.2. The molecule has 0 aliphatic heterocycles. The molecule has 1 unspecified atom stereocenters. The highest BCUT2D eigenvalue weighted by Gasteiger charge is 2.15. The maximum Gasteiger partial charge on any atom is 0.247 e. The Bertz CT molecular complexity index is 492. The summed E-state index contributed by atoms with van der Waals surface area (Å²) in [4.78, 5) is 11.8. The number of rotatable bonds is 7. The summed E-state index contributed by atoms with van der Waals surface area (Å²) in [6, 6.07) is 8.78. The van der Waals surface area contributed by atoms with Gasteiger partial charge in [-0.05, 0) is 50.0 Å². The molecule has 0 radical (unpaired) electrons. The van der Waals surface area contributed by atoms with Crippen LogP contribution in [0.25, 0.3) is 5.70 Å². The third kappa shape index (κ3) is 4.96. The van der Waals surface area contributed by atoms with E-state index in [-0.39, 0.29) is 5.78 Å². The second-order valence-electron chi connectivity index (χ2n) is 4.77. The molecule has 4 nitrogen and oxygen atoms in total. The van der Waals surface area contributed by atoms with Gasteiger partial charge in [-0.1, -0.05) is 36.4 Å². The zero-order valence-corrected chi connectivity index (χ0v) is 12.4. The van der Waals surface area contributed by atoms with E-state index in [0.717, 1.165) is 24.8 Å². The zero-order valence-electron chi connectivity index (χ0n) is 12.4. The molecule has 108 valence electrons. The molecule has 0 heterocycles. The molecule has 4 heteroatoms. The Hall–Kier alpha value is -1.97. The van der Waals surface area contributed by atoms with E-state index >= 15 is 0 Å². The van der Waals surface area contributed by atoms with Crippen LogP contribution in [0.1, 0.15) is 45.6 Å². The van der Waals surface area contributed by atoms with Crippen LogP contribution in [-0.2, 0) is 4.79 Å². The van der Waals surface area contributed by atoms with E-state index in [1.165, 1.54) is 6.92 Å². The number of hydroxylamine groups is 1. The Morgan fingerprint density at radius 2 is 2.05 bits per heavy atom. The highest BCUT2D eigenvalue weighted by molar-refractivity contribution is 5.80. The molecule has 1 aromatic rings. The van der Waals surface area contributed by atoms with Crippen LogP contribution >= 0.6 is 0 Å². The highest BCUT2D eigenvalue weighted by Crippen LogP contribution is 2.17. The van der Waals surface area contributed by atoms with Gasteiger partial charge in [0.25, 0.3) is 0 Å². The van der Waals surface area contributed by atoms with Gasteiger partial charge >= 0.3 is 0 Å². The average molecular weight is 274 g/mol. The molecule has 0 bridgehead atoms. The molecule has 1 atom stereocenters. The van der Waals surface area contributed by atoms with Crippen molar-refractivity contribution in [2.45, 2.75) is 46.1 Å². The van der Waals surface area contributed by atoms with Crippen molar-refractivity contribution in [3.8, 4) is 0 Å². The number of hydrogen-bond acceptors (Lipinski definition) is 3. The van der Waals surface area contributed by atoms with Gasteiger partial charge in [-0.25, -0.2) is 0 Å². The number of allylic oxidation sites excluding steroid dienone is 1. The van der Waals surface area contributed by atoms with Crippen molar-refractivity contribution < 1.29 is 9.66 Å². The lowest BCUT2D eigenvalue weighted by molar-refractivity contribution is -0.435. The molecule has 0 N–H and O–H groups in total. The standard InChI is InChI=1S/C16H22N2O2/c1-4-5-7-12-16(15-10-8-6-9-11-15)18(20)17-13(2)14(3)19/h6,8-13H,4-5,7H2,1-3H3/b16-12+,18-17?. The van der Waals surface area contributed by atoms with Crippen LogP contribution in [-0.4, -0.2) is 16.7 Å². The summed E-state index contributed by atoms with van der Waals surface area (Å²) in [5.41, 5.74) is 1.32. The van der Waals surface area contributed by atoms with Gasteiger partial charge in [0.1, 0.15) is 0 Å². The summed E-state index contributed by atoms with van der Waals surface area (Å²) >= 11 is 0. The SMILES string of the molecule is CCCC/C=C(\c1ccccc1)[N+]([O-])=NC(C)C(C)=O. The fourth-order valence-electron chi connectivity index (χ4n) is 1.66. The van der Waals surface area contributed by atoms with Gasteiger partial charge in [-0.2, -0.15) is 0 Å². The topological polar surface area (TPSA) is 55.5 Å². The minimum atomic E-state index is -0.620. The van der Waals surface area contributed by atoms with Gasteiger partial charge in [0.05, 0.1) is 0 Å². The van der Waals surface area contributed by atoms with Crippen molar-refractivity contribution in [2.75, 3.05) is 0 Å². The normalized spacial score (nSPS) is 14.2. The van der Waals surface area contributed by atoms with E-state index in [1.54, 1.807) is 6.92 Å². The van der Waals surface area contributed by atoms with Crippen LogP contribution in [0.3, 0.4) is 0 Å². The first kappa shape index (κ1) is 16.1. The lowest BCUT2D eigenvalue weighted by atomic mass is 10.1. The summed E-state index contributed by atoms with van der Waals surface area (Å²) in [5, 5.41) is 16.1. The van der Waals surface area contributed by atoms with E-state index < -0.39 is 6.04 Å². The maximum atomic E-state index is 12.2. The lowest BCUT2D eigenvalue weighted by Gasteiger charge is -2.07. The number of hydrogen-bond donors (Lipinski definition) is 0. The molecule has 0 fully saturated rings. The van der Waals surface area contributed by atoms with Crippen LogP contribution < -0.4 is 0 Å². The first-order valence-corrected chi connectivity index (χ1v) is 7.00. The van der Waals surface area contributed by atoms with Crippen molar-refractivity contribution in [3.05, 3.63) is 47.2 Å². The van der Waals surface area contributed by atoms with Gasteiger partial charge in [-0.3, -0.25) is 4.79 Å². The molecule has 0 spiro atoms. The highest BCUT2D eigenvalue weighted by atomic mass is 16.5. The number of Topliss-reactive ketones (excluding diaryl/α,β-unsaturated/α-hetero) is 1. The molecule has 0 aliphatic carbocycles. The van der Waals surface area contributed by atoms with E-state index in [0.29, 0.717) is 10.6 Å². The van der Waals surface area contributed by atoms with Crippen LogP contribution in [0.15, 0.2) is 41.5 Å². The smallest absolute Gasteiger partial charge is 0.247 e. The number of azo groups is 1. The number of unbranched alkanes of at least 4 members (excludes halogenated alkanes) is 2. The van der Waals surface area contributed by atoms with Crippen molar-refractivity contribution >= 4 is 11.5 Å². The first-order chi connectivity index (χ1) is 9.56. The van der Waals surface area contributed by atoms with Crippen molar-refractivity contribution in [3.63, 3.8) is 0 Å². The molecular weight excluding hydrogens is 252 g/mol. The molecule has 0 saturated heterocycles. The van der Waals surface area contributed by atoms with Gasteiger partial charge < -0.3 is 5.21 Å². The molecule has 0 amide bonds. The summed E-state index contributed by atoms with van der Waals surface area (Å²) in [6.07, 6.45) is 4.80. The number of carbonyl (C=O) groups is 1. The van der Waals surface area contributed by atoms with Crippen LogP contribution in [0.4, 0.5) is 0 Å². The number of nitrogens with zero attached hydrogens (tertiary/aromatic N) is 2. The summed E-state index contributed by atoms with van der Waals surface area (Å²) in [7, 11) is 0. The average Bonchev–Trinajstić information content (AvgIpc) is 2.44. The minimum Gasteiger partial charge on any atom is -0.594 e.